The second kappa shape index (κ2) is 7.82. The van der Waals surface area contributed by atoms with Crippen LogP contribution < -0.4 is 0 Å². The first-order valence-electron chi connectivity index (χ1n) is 8.87. The van der Waals surface area contributed by atoms with E-state index in [0.29, 0.717) is 5.69 Å². The Labute approximate surface area is 171 Å². The van der Waals surface area contributed by atoms with Crippen LogP contribution in [0.2, 0.25) is 0 Å². The number of carbonyl (C=O) groups excluding carboxylic acids is 1. The maximum Gasteiger partial charge on any atom is 0.290 e. The molecule has 0 unspecified atom stereocenters. The summed E-state index contributed by atoms with van der Waals surface area (Å²) in [5.41, 5.74) is 4.26. The average Bonchev–Trinajstić information content (AvgIpc) is 3.12. The van der Waals surface area contributed by atoms with Crippen LogP contribution in [0.15, 0.2) is 88.4 Å². The van der Waals surface area contributed by atoms with E-state index in [-0.39, 0.29) is 5.91 Å². The van der Waals surface area contributed by atoms with Crippen LogP contribution in [0.3, 0.4) is 0 Å². The zero-order chi connectivity index (χ0) is 19.5. The van der Waals surface area contributed by atoms with Crippen molar-refractivity contribution in [3.8, 4) is 11.1 Å². The van der Waals surface area contributed by atoms with Crippen molar-refractivity contribution in [3.05, 3.63) is 94.6 Å². The molecule has 0 bridgehead atoms. The third-order valence-corrected chi connectivity index (χ3v) is 5.05. The molecule has 138 valence electrons. The van der Waals surface area contributed by atoms with E-state index in [1.165, 1.54) is 5.01 Å². The summed E-state index contributed by atoms with van der Waals surface area (Å²) in [5.74, 6) is -0.191. The molecule has 1 amide bonds. The van der Waals surface area contributed by atoms with Gasteiger partial charge in [0, 0.05) is 28.0 Å². The Morgan fingerprint density at radius 1 is 0.964 bits per heavy atom. The van der Waals surface area contributed by atoms with Gasteiger partial charge in [-0.15, -0.1) is 0 Å². The number of nitrogens with zero attached hydrogens (tertiary/aromatic N) is 2. The number of fused-ring (bicyclic) bond motifs is 1. The molecule has 1 N–H and O–H groups in total. The highest BCUT2D eigenvalue weighted by Crippen LogP contribution is 2.33. The molecule has 0 aliphatic carbocycles. The van der Waals surface area contributed by atoms with Crippen molar-refractivity contribution in [3.63, 3.8) is 0 Å². The van der Waals surface area contributed by atoms with Crippen LogP contribution >= 0.6 is 15.9 Å². The number of H-pyrrole nitrogens is 1. The van der Waals surface area contributed by atoms with Gasteiger partial charge in [0.1, 0.15) is 5.69 Å². The normalized spacial score (nSPS) is 11.2. The summed E-state index contributed by atoms with van der Waals surface area (Å²) in [6, 6.07) is 25.6. The lowest BCUT2D eigenvalue weighted by molar-refractivity contribution is 0.0796. The first kappa shape index (κ1) is 18.2. The number of hydrogen-bond acceptors (Lipinski definition) is 2. The number of aromatic amines is 1. The van der Waals surface area contributed by atoms with Gasteiger partial charge in [0.15, 0.2) is 0 Å². The summed E-state index contributed by atoms with van der Waals surface area (Å²) < 4.78 is 1.000. The van der Waals surface area contributed by atoms with Gasteiger partial charge in [0.25, 0.3) is 5.91 Å². The van der Waals surface area contributed by atoms with E-state index in [9.17, 15) is 4.79 Å². The Morgan fingerprint density at radius 3 is 2.39 bits per heavy atom. The Morgan fingerprint density at radius 2 is 1.64 bits per heavy atom. The predicted molar refractivity (Wildman–Crippen MR) is 118 cm³/mol. The van der Waals surface area contributed by atoms with Gasteiger partial charge < -0.3 is 4.98 Å². The molecule has 0 aliphatic heterocycles. The third kappa shape index (κ3) is 3.62. The molecule has 4 rings (SSSR count). The molecule has 0 saturated heterocycles. The Bertz CT molecular complexity index is 1150. The molecule has 0 radical (unpaired) electrons. The van der Waals surface area contributed by atoms with E-state index < -0.39 is 0 Å². The highest BCUT2D eigenvalue weighted by atomic mass is 79.9. The van der Waals surface area contributed by atoms with E-state index in [1.54, 1.807) is 13.3 Å². The molecular formula is C23H18BrN3O. The molecule has 0 saturated carbocycles. The van der Waals surface area contributed by atoms with Gasteiger partial charge in [-0.3, -0.25) is 4.79 Å². The zero-order valence-electron chi connectivity index (χ0n) is 15.3. The lowest BCUT2D eigenvalue weighted by atomic mass is 10.0. The van der Waals surface area contributed by atoms with Gasteiger partial charge in [-0.2, -0.15) is 5.10 Å². The van der Waals surface area contributed by atoms with Crippen molar-refractivity contribution in [1.82, 2.24) is 9.99 Å². The van der Waals surface area contributed by atoms with E-state index >= 15 is 0 Å². The molecule has 0 aliphatic rings. The second-order valence-corrected chi connectivity index (χ2v) is 7.33. The van der Waals surface area contributed by atoms with Gasteiger partial charge in [-0.05, 0) is 29.3 Å². The van der Waals surface area contributed by atoms with Crippen molar-refractivity contribution >= 4 is 39.0 Å². The molecule has 4 nitrogen and oxygen atoms in total. The molecule has 5 heteroatoms. The fraction of sp³-hybridized carbons (Fsp3) is 0.0435. The summed E-state index contributed by atoms with van der Waals surface area (Å²) in [7, 11) is 1.66. The van der Waals surface area contributed by atoms with Gasteiger partial charge in [0.2, 0.25) is 0 Å². The lowest BCUT2D eigenvalue weighted by Crippen LogP contribution is -2.22. The van der Waals surface area contributed by atoms with Crippen molar-refractivity contribution in [1.29, 1.82) is 0 Å². The van der Waals surface area contributed by atoms with Crippen molar-refractivity contribution in [2.45, 2.75) is 0 Å². The second-order valence-electron chi connectivity index (χ2n) is 6.41. The minimum absolute atomic E-state index is 0.191. The zero-order valence-corrected chi connectivity index (χ0v) is 16.8. The Kier molecular flexibility index (Phi) is 5.08. The quantitative estimate of drug-likeness (QED) is 0.326. The van der Waals surface area contributed by atoms with Gasteiger partial charge in [-0.25, -0.2) is 5.01 Å². The van der Waals surface area contributed by atoms with Crippen molar-refractivity contribution in [2.75, 3.05) is 7.05 Å². The van der Waals surface area contributed by atoms with E-state index in [2.05, 4.69) is 26.0 Å². The van der Waals surface area contributed by atoms with Crippen molar-refractivity contribution in [2.24, 2.45) is 5.10 Å². The molecule has 0 atom stereocenters. The number of amides is 1. The van der Waals surface area contributed by atoms with Gasteiger partial charge >= 0.3 is 0 Å². The molecule has 0 fully saturated rings. The van der Waals surface area contributed by atoms with Crippen LogP contribution in [-0.2, 0) is 0 Å². The van der Waals surface area contributed by atoms with Crippen LogP contribution in [0.25, 0.3) is 22.0 Å². The topological polar surface area (TPSA) is 48.5 Å². The first-order chi connectivity index (χ1) is 13.6. The molecule has 0 spiro atoms. The lowest BCUT2D eigenvalue weighted by Gasteiger charge is -2.12. The van der Waals surface area contributed by atoms with E-state index in [1.807, 2.05) is 78.9 Å². The summed E-state index contributed by atoms with van der Waals surface area (Å²) in [6.07, 6.45) is 1.68. The number of nitrogens with one attached hydrogen (secondary N) is 1. The Balaban J connectivity index is 1.72. The summed E-state index contributed by atoms with van der Waals surface area (Å²) >= 11 is 3.41. The maximum absolute atomic E-state index is 13.2. The number of para-hydroxylation sites is 1. The molecule has 3 aromatic carbocycles. The number of hydrogen-bond donors (Lipinski definition) is 1. The van der Waals surface area contributed by atoms with Crippen LogP contribution in [0.1, 0.15) is 16.1 Å². The summed E-state index contributed by atoms with van der Waals surface area (Å²) in [5, 5.41) is 6.71. The molecular weight excluding hydrogens is 414 g/mol. The fourth-order valence-electron chi connectivity index (χ4n) is 3.12. The fourth-order valence-corrected chi connectivity index (χ4v) is 3.39. The number of rotatable bonds is 4. The first-order valence-corrected chi connectivity index (χ1v) is 9.66. The largest absolute Gasteiger partial charge is 0.350 e. The number of hydrazone groups is 1. The average molecular weight is 432 g/mol. The predicted octanol–water partition coefficient (Wildman–Crippen LogP) is 5.70. The number of halogens is 1. The standard InChI is InChI=1S/C23H18BrN3O/c1-27(25-15-16-11-13-18(24)14-12-16)23(28)22-21(17-7-3-2-4-8-17)19-9-5-6-10-20(19)26-22/h2-15,26H,1H3/b25-15-. The monoisotopic (exact) mass is 431 g/mol. The highest BCUT2D eigenvalue weighted by molar-refractivity contribution is 9.10. The maximum atomic E-state index is 13.2. The van der Waals surface area contributed by atoms with Gasteiger partial charge in [-0.1, -0.05) is 76.6 Å². The smallest absolute Gasteiger partial charge is 0.290 e. The number of carbonyl (C=O) groups is 1. The van der Waals surface area contributed by atoms with Crippen LogP contribution in [0, 0.1) is 0 Å². The highest BCUT2D eigenvalue weighted by Gasteiger charge is 2.21. The molecule has 1 aromatic heterocycles. The minimum atomic E-state index is -0.191. The summed E-state index contributed by atoms with van der Waals surface area (Å²) in [6.45, 7) is 0. The number of aromatic nitrogens is 1. The van der Waals surface area contributed by atoms with Crippen LogP contribution in [0.5, 0.6) is 0 Å². The van der Waals surface area contributed by atoms with Crippen LogP contribution in [0.4, 0.5) is 0 Å². The van der Waals surface area contributed by atoms with Crippen molar-refractivity contribution < 1.29 is 4.79 Å². The van der Waals surface area contributed by atoms with E-state index in [4.69, 9.17) is 0 Å². The third-order valence-electron chi connectivity index (χ3n) is 4.53. The van der Waals surface area contributed by atoms with Gasteiger partial charge in [0.05, 0.1) is 6.21 Å². The SMILES string of the molecule is CN(/N=C\c1ccc(Br)cc1)C(=O)c1[nH]c2ccccc2c1-c1ccccc1. The summed E-state index contributed by atoms with van der Waals surface area (Å²) in [4.78, 5) is 16.4. The van der Waals surface area contributed by atoms with E-state index in [0.717, 1.165) is 32.1 Å². The van der Waals surface area contributed by atoms with Crippen LogP contribution in [-0.4, -0.2) is 29.2 Å². The molecule has 1 heterocycles. The minimum Gasteiger partial charge on any atom is -0.350 e. The molecule has 28 heavy (non-hydrogen) atoms. The number of benzene rings is 3. The molecule has 4 aromatic rings. The Hall–Kier alpha value is -3.18.